The van der Waals surface area contributed by atoms with Crippen LogP contribution in [0.3, 0.4) is 0 Å². The molecule has 3 aromatic rings. The number of hydrogen-bond donors (Lipinski definition) is 1. The second kappa shape index (κ2) is 9.71. The van der Waals surface area contributed by atoms with Crippen LogP contribution in [0.5, 0.6) is 0 Å². The van der Waals surface area contributed by atoms with E-state index < -0.39 is 4.92 Å². The number of nitro groups is 1. The minimum atomic E-state index is -0.547. The maximum atomic E-state index is 12.4. The number of hydrogen-bond acceptors (Lipinski definition) is 7. The van der Waals surface area contributed by atoms with Gasteiger partial charge >= 0.3 is 0 Å². The zero-order valence-corrected chi connectivity index (χ0v) is 18.2. The second-order valence-corrected chi connectivity index (χ2v) is 8.02. The first-order chi connectivity index (χ1) is 14.7. The van der Waals surface area contributed by atoms with Crippen LogP contribution in [0.4, 0.5) is 11.4 Å². The first-order valence-corrected chi connectivity index (χ1v) is 10.5. The Morgan fingerprint density at radius 3 is 2.71 bits per heavy atom. The minimum absolute atomic E-state index is 0.00557. The van der Waals surface area contributed by atoms with Crippen molar-refractivity contribution in [3.8, 4) is 0 Å². The van der Waals surface area contributed by atoms with Crippen LogP contribution in [0, 0.1) is 17.0 Å². The summed E-state index contributed by atoms with van der Waals surface area (Å²) in [5.41, 5.74) is 1.60. The van der Waals surface area contributed by atoms with Gasteiger partial charge in [-0.1, -0.05) is 41.6 Å². The van der Waals surface area contributed by atoms with Crippen molar-refractivity contribution in [3.63, 3.8) is 0 Å². The van der Waals surface area contributed by atoms with Gasteiger partial charge in [0, 0.05) is 35.5 Å². The van der Waals surface area contributed by atoms with Crippen LogP contribution < -0.4 is 5.32 Å². The molecule has 1 N–H and O–H groups in total. The molecule has 0 radical (unpaired) electrons. The number of non-ortho nitro benzene ring substituents is 1. The smallest absolute Gasteiger partial charge is 0.270 e. The highest BCUT2D eigenvalue weighted by Crippen LogP contribution is 2.21. The predicted molar refractivity (Wildman–Crippen MR) is 118 cm³/mol. The Morgan fingerprint density at radius 1 is 1.23 bits per heavy atom. The molecule has 0 atom stereocenters. The molecule has 0 bridgehead atoms. The Hall–Kier alpha value is -3.24. The van der Waals surface area contributed by atoms with Crippen LogP contribution in [0.25, 0.3) is 0 Å². The van der Waals surface area contributed by atoms with Gasteiger partial charge < -0.3 is 9.88 Å². The minimum Gasteiger partial charge on any atom is -0.326 e. The van der Waals surface area contributed by atoms with E-state index in [0.717, 1.165) is 17.3 Å². The molecule has 0 fully saturated rings. The first-order valence-electron chi connectivity index (χ1n) is 9.09. The van der Waals surface area contributed by atoms with E-state index in [9.17, 15) is 19.7 Å². The Kier molecular flexibility index (Phi) is 7.03. The molecule has 9 nitrogen and oxygen atoms in total. The number of amides is 1. The van der Waals surface area contributed by atoms with Gasteiger partial charge in [-0.05, 0) is 24.6 Å². The summed E-state index contributed by atoms with van der Waals surface area (Å²) in [6.07, 6.45) is -0.00557. The van der Waals surface area contributed by atoms with E-state index in [4.69, 9.17) is 11.6 Å². The van der Waals surface area contributed by atoms with E-state index in [1.807, 2.05) is 13.0 Å². The van der Waals surface area contributed by atoms with Crippen molar-refractivity contribution in [1.29, 1.82) is 0 Å². The van der Waals surface area contributed by atoms with Crippen molar-refractivity contribution in [2.75, 3.05) is 11.1 Å². The number of ketones is 1. The van der Waals surface area contributed by atoms with Gasteiger partial charge in [0.25, 0.3) is 5.69 Å². The van der Waals surface area contributed by atoms with Crippen LogP contribution in [0.15, 0.2) is 47.6 Å². The molecule has 3 rings (SSSR count). The molecule has 0 aliphatic carbocycles. The summed E-state index contributed by atoms with van der Waals surface area (Å²) in [5.74, 6) is -0.0887. The fourth-order valence-corrected chi connectivity index (χ4v) is 3.66. The van der Waals surface area contributed by atoms with Crippen LogP contribution >= 0.6 is 23.4 Å². The van der Waals surface area contributed by atoms with E-state index in [2.05, 4.69) is 15.5 Å². The number of benzene rings is 2. The number of thioether (sulfide) groups is 1. The third-order valence-electron chi connectivity index (χ3n) is 4.41. The van der Waals surface area contributed by atoms with Crippen molar-refractivity contribution in [2.45, 2.75) is 18.5 Å². The summed E-state index contributed by atoms with van der Waals surface area (Å²) in [4.78, 5) is 35.0. The third kappa shape index (κ3) is 5.68. The normalized spacial score (nSPS) is 10.7. The van der Waals surface area contributed by atoms with Crippen molar-refractivity contribution < 1.29 is 14.5 Å². The molecule has 11 heteroatoms. The topological polar surface area (TPSA) is 120 Å². The summed E-state index contributed by atoms with van der Waals surface area (Å²) in [5, 5.41) is 22.7. The largest absolute Gasteiger partial charge is 0.326 e. The lowest BCUT2D eigenvalue weighted by atomic mass is 10.1. The lowest BCUT2D eigenvalue weighted by Crippen LogP contribution is -2.17. The number of Topliss-reactive ketones (excluding diaryl/α,β-unsaturated/α-hetero) is 1. The van der Waals surface area contributed by atoms with Crippen molar-refractivity contribution >= 4 is 46.4 Å². The maximum Gasteiger partial charge on any atom is 0.270 e. The molecule has 0 unspecified atom stereocenters. The monoisotopic (exact) mass is 459 g/mol. The van der Waals surface area contributed by atoms with Crippen molar-refractivity contribution in [2.24, 2.45) is 7.05 Å². The molecule has 0 saturated heterocycles. The summed E-state index contributed by atoms with van der Waals surface area (Å²) in [6, 6.07) is 10.8. The molecule has 160 valence electrons. The number of nitro benzene ring substituents is 1. The van der Waals surface area contributed by atoms with Crippen LogP contribution in [0.1, 0.15) is 21.7 Å². The molecule has 0 aliphatic rings. The molecule has 1 heterocycles. The predicted octanol–water partition coefficient (Wildman–Crippen LogP) is 3.84. The lowest BCUT2D eigenvalue weighted by Gasteiger charge is -2.07. The molecule has 0 aliphatic heterocycles. The van der Waals surface area contributed by atoms with E-state index >= 15 is 0 Å². The lowest BCUT2D eigenvalue weighted by molar-refractivity contribution is -0.384. The van der Waals surface area contributed by atoms with Gasteiger partial charge in [0.15, 0.2) is 10.9 Å². The number of nitrogens with one attached hydrogen (secondary N) is 1. The van der Waals surface area contributed by atoms with Crippen molar-refractivity contribution in [3.05, 3.63) is 74.6 Å². The summed E-state index contributed by atoms with van der Waals surface area (Å²) >= 11 is 7.21. The van der Waals surface area contributed by atoms with Crippen molar-refractivity contribution in [1.82, 2.24) is 14.8 Å². The number of halogens is 1. The van der Waals surface area contributed by atoms with Gasteiger partial charge in [0.1, 0.15) is 5.82 Å². The van der Waals surface area contributed by atoms with Crippen LogP contribution in [-0.4, -0.2) is 37.1 Å². The van der Waals surface area contributed by atoms with Crippen LogP contribution in [0.2, 0.25) is 5.02 Å². The SMILES string of the molecule is Cc1ccc(NC(=O)Cc2nnc(SCC(=O)c3cccc([N+](=O)[O-])c3)n2C)cc1Cl. The molecular weight excluding hydrogens is 442 g/mol. The average Bonchev–Trinajstić information content (AvgIpc) is 3.08. The Bertz CT molecular complexity index is 1160. The third-order valence-corrected chi connectivity index (χ3v) is 5.84. The van der Waals surface area contributed by atoms with Crippen LogP contribution in [-0.2, 0) is 18.3 Å². The van der Waals surface area contributed by atoms with Gasteiger partial charge in [0.05, 0.1) is 17.1 Å². The van der Waals surface area contributed by atoms with E-state index in [-0.39, 0.29) is 35.1 Å². The molecule has 0 spiro atoms. The average molecular weight is 460 g/mol. The number of aryl methyl sites for hydroxylation is 1. The van der Waals surface area contributed by atoms with E-state index in [0.29, 0.717) is 21.7 Å². The van der Waals surface area contributed by atoms with E-state index in [1.165, 1.54) is 24.3 Å². The highest BCUT2D eigenvalue weighted by molar-refractivity contribution is 7.99. The second-order valence-electron chi connectivity index (χ2n) is 6.67. The first kappa shape index (κ1) is 22.4. The Morgan fingerprint density at radius 2 is 2.00 bits per heavy atom. The summed E-state index contributed by atoms with van der Waals surface area (Å²) in [6.45, 7) is 1.87. The highest BCUT2D eigenvalue weighted by Gasteiger charge is 2.16. The zero-order valence-electron chi connectivity index (χ0n) is 16.7. The molecule has 31 heavy (non-hydrogen) atoms. The summed E-state index contributed by atoms with van der Waals surface area (Å²) < 4.78 is 1.63. The van der Waals surface area contributed by atoms with Gasteiger partial charge in [-0.15, -0.1) is 10.2 Å². The summed E-state index contributed by atoms with van der Waals surface area (Å²) in [7, 11) is 1.70. The highest BCUT2D eigenvalue weighted by atomic mass is 35.5. The Labute approximate surface area is 187 Å². The number of anilines is 1. The quantitative estimate of drug-likeness (QED) is 0.235. The zero-order chi connectivity index (χ0) is 22.5. The molecule has 1 aromatic heterocycles. The van der Waals surface area contributed by atoms with Gasteiger partial charge in [-0.2, -0.15) is 0 Å². The number of rotatable bonds is 8. The standard InChI is InChI=1S/C20H18ClN5O4S/c1-12-6-7-14(9-16(12)21)22-19(28)10-18-23-24-20(25(18)2)31-11-17(27)13-4-3-5-15(8-13)26(29)30/h3-9H,10-11H2,1-2H3,(H,22,28). The number of aromatic nitrogens is 3. The van der Waals surface area contributed by atoms with E-state index in [1.54, 1.807) is 23.7 Å². The maximum absolute atomic E-state index is 12.4. The number of carbonyl (C=O) groups is 2. The Balaban J connectivity index is 1.60. The van der Waals surface area contributed by atoms with Gasteiger partial charge in [0.2, 0.25) is 5.91 Å². The van der Waals surface area contributed by atoms with Gasteiger partial charge in [-0.3, -0.25) is 19.7 Å². The van der Waals surface area contributed by atoms with Gasteiger partial charge in [-0.25, -0.2) is 0 Å². The molecule has 2 aromatic carbocycles. The molecular formula is C20H18ClN5O4S. The number of nitrogens with zero attached hydrogens (tertiary/aromatic N) is 4. The fourth-order valence-electron chi connectivity index (χ4n) is 2.65. The fraction of sp³-hybridized carbons (Fsp3) is 0.200. The molecule has 0 saturated carbocycles. The number of carbonyl (C=O) groups excluding carboxylic acids is 2. The molecule has 1 amide bonds.